The smallest absolute Gasteiger partial charge is 0.406 e. The van der Waals surface area contributed by atoms with Crippen molar-refractivity contribution in [2.45, 2.75) is 10.6 Å². The average Bonchev–Trinajstić information content (AvgIpc) is 2.99. The van der Waals surface area contributed by atoms with Crippen molar-refractivity contribution in [2.24, 2.45) is 4.99 Å². The van der Waals surface area contributed by atoms with Crippen molar-refractivity contribution in [3.63, 3.8) is 0 Å². The first-order valence-corrected chi connectivity index (χ1v) is 10.5. The highest BCUT2D eigenvalue weighted by Crippen LogP contribution is 2.34. The molecule has 0 aliphatic rings. The van der Waals surface area contributed by atoms with Crippen LogP contribution in [-0.2, 0) is 0 Å². The molecule has 0 aliphatic heterocycles. The van der Waals surface area contributed by atoms with Gasteiger partial charge < -0.3 is 4.74 Å². The Labute approximate surface area is 154 Å². The molecule has 0 aliphatic carbocycles. The molecule has 2 aromatic carbocycles. The van der Waals surface area contributed by atoms with Crippen molar-refractivity contribution < 1.29 is 17.9 Å². The number of hydrogen-bond acceptors (Lipinski definition) is 5. The van der Waals surface area contributed by atoms with Crippen molar-refractivity contribution in [1.82, 2.24) is 0 Å². The Morgan fingerprint density at radius 2 is 1.64 bits per heavy atom. The lowest BCUT2D eigenvalue weighted by molar-refractivity contribution is -0.274. The second-order valence-corrected chi connectivity index (χ2v) is 8.06. The standard InChI is InChI=1S/C17H12F3NOS3/c1-23-16-14(11-5-3-2-4-6-11)15(24-25-16)21-12-7-9-13(10-8-12)22-17(18,19)20/h2-10H,1H3. The minimum absolute atomic E-state index is 0.256. The maximum Gasteiger partial charge on any atom is 0.573 e. The lowest BCUT2D eigenvalue weighted by Crippen LogP contribution is -2.16. The minimum atomic E-state index is -4.69. The lowest BCUT2D eigenvalue weighted by Gasteiger charge is -2.08. The molecule has 0 N–H and O–H groups in total. The van der Waals surface area contributed by atoms with E-state index in [0.29, 0.717) is 5.69 Å². The number of alkyl halides is 3. The van der Waals surface area contributed by atoms with E-state index >= 15 is 0 Å². The Hall–Kier alpha value is -1.77. The van der Waals surface area contributed by atoms with Gasteiger partial charge >= 0.3 is 6.36 Å². The Morgan fingerprint density at radius 1 is 0.960 bits per heavy atom. The van der Waals surface area contributed by atoms with Gasteiger partial charge in [-0.15, -0.1) is 24.9 Å². The molecule has 0 fully saturated rings. The quantitative estimate of drug-likeness (QED) is 0.378. The van der Waals surface area contributed by atoms with E-state index in [4.69, 9.17) is 0 Å². The molecule has 0 unspecified atom stereocenters. The van der Waals surface area contributed by atoms with E-state index in [0.717, 1.165) is 20.0 Å². The molecule has 0 amide bonds. The Morgan fingerprint density at radius 3 is 2.24 bits per heavy atom. The zero-order valence-corrected chi connectivity index (χ0v) is 15.4. The molecule has 0 bridgehead atoms. The van der Waals surface area contributed by atoms with Crippen LogP contribution in [0.4, 0.5) is 18.9 Å². The maximum atomic E-state index is 12.2. The summed E-state index contributed by atoms with van der Waals surface area (Å²) in [4.78, 5) is 4.60. The molecule has 3 rings (SSSR count). The van der Waals surface area contributed by atoms with Gasteiger partial charge in [-0.1, -0.05) is 51.0 Å². The fourth-order valence-corrected chi connectivity index (χ4v) is 5.86. The summed E-state index contributed by atoms with van der Waals surface area (Å²) in [6.45, 7) is 0. The van der Waals surface area contributed by atoms with Gasteiger partial charge in [-0.05, 0) is 36.1 Å². The molecule has 0 atom stereocenters. The van der Waals surface area contributed by atoms with Crippen LogP contribution in [0.15, 0.2) is 63.8 Å². The van der Waals surface area contributed by atoms with Crippen molar-refractivity contribution in [3.05, 3.63) is 59.3 Å². The van der Waals surface area contributed by atoms with E-state index in [1.807, 2.05) is 36.6 Å². The summed E-state index contributed by atoms with van der Waals surface area (Å²) in [5.74, 6) is -0.256. The summed E-state index contributed by atoms with van der Waals surface area (Å²) < 4.78 is 42.6. The molecule has 1 heterocycles. The van der Waals surface area contributed by atoms with Gasteiger partial charge in [-0.2, -0.15) is 0 Å². The van der Waals surface area contributed by atoms with Crippen molar-refractivity contribution in [1.29, 1.82) is 0 Å². The summed E-state index contributed by atoms with van der Waals surface area (Å²) >= 11 is 1.65. The molecular weight excluding hydrogens is 387 g/mol. The largest absolute Gasteiger partial charge is 0.573 e. The van der Waals surface area contributed by atoms with Gasteiger partial charge in [0.25, 0.3) is 0 Å². The van der Waals surface area contributed by atoms with Gasteiger partial charge in [0.1, 0.15) is 10.4 Å². The molecule has 25 heavy (non-hydrogen) atoms. The van der Waals surface area contributed by atoms with E-state index in [1.54, 1.807) is 32.4 Å². The van der Waals surface area contributed by atoms with Crippen LogP contribution >= 0.6 is 32.4 Å². The molecule has 8 heteroatoms. The third kappa shape index (κ3) is 4.65. The van der Waals surface area contributed by atoms with Crippen LogP contribution in [0, 0.1) is 0 Å². The average molecular weight is 399 g/mol. The molecule has 0 saturated carbocycles. The van der Waals surface area contributed by atoms with Gasteiger partial charge in [0, 0.05) is 5.56 Å². The van der Waals surface area contributed by atoms with Crippen LogP contribution in [0.2, 0.25) is 0 Å². The second-order valence-electron chi connectivity index (χ2n) is 4.86. The highest BCUT2D eigenvalue weighted by atomic mass is 32.9. The number of ether oxygens (including phenoxy) is 1. The summed E-state index contributed by atoms with van der Waals surface area (Å²) in [6, 6.07) is 15.5. The number of thioether (sulfide) groups is 1. The van der Waals surface area contributed by atoms with E-state index in [2.05, 4.69) is 9.73 Å². The lowest BCUT2D eigenvalue weighted by atomic mass is 10.1. The van der Waals surface area contributed by atoms with Crippen LogP contribution in [0.1, 0.15) is 0 Å². The molecule has 0 spiro atoms. The van der Waals surface area contributed by atoms with Crippen LogP contribution in [-0.4, -0.2) is 12.6 Å². The predicted molar refractivity (Wildman–Crippen MR) is 97.8 cm³/mol. The van der Waals surface area contributed by atoms with E-state index < -0.39 is 6.36 Å². The Bertz CT molecular complexity index is 899. The van der Waals surface area contributed by atoms with Crippen LogP contribution < -0.4 is 9.41 Å². The summed E-state index contributed by atoms with van der Waals surface area (Å²) in [7, 11) is 3.19. The van der Waals surface area contributed by atoms with E-state index in [1.165, 1.54) is 24.3 Å². The maximum absolute atomic E-state index is 12.2. The Kier molecular flexibility index (Phi) is 5.51. The fourth-order valence-electron chi connectivity index (χ4n) is 2.14. The molecular formula is C17H12F3NOS3. The summed E-state index contributed by atoms with van der Waals surface area (Å²) in [5.41, 5.74) is 2.70. The number of rotatable bonds is 4. The monoisotopic (exact) mass is 399 g/mol. The number of benzene rings is 2. The van der Waals surface area contributed by atoms with Crippen LogP contribution in [0.5, 0.6) is 5.75 Å². The van der Waals surface area contributed by atoms with Crippen molar-refractivity contribution in [3.8, 4) is 16.9 Å². The third-order valence-corrected chi connectivity index (χ3v) is 6.92. The molecule has 0 saturated heterocycles. The zero-order chi connectivity index (χ0) is 17.9. The normalized spacial score (nSPS) is 12.4. The Balaban J connectivity index is 1.98. The van der Waals surface area contributed by atoms with Gasteiger partial charge in [-0.25, -0.2) is 4.99 Å². The van der Waals surface area contributed by atoms with Gasteiger partial charge in [0.05, 0.1) is 9.90 Å². The van der Waals surface area contributed by atoms with Gasteiger partial charge in [0.15, 0.2) is 0 Å². The number of nitrogens with zero attached hydrogens (tertiary/aromatic N) is 1. The summed E-state index contributed by atoms with van der Waals surface area (Å²) in [5, 5.41) is 0. The van der Waals surface area contributed by atoms with Crippen LogP contribution in [0.3, 0.4) is 0 Å². The zero-order valence-electron chi connectivity index (χ0n) is 12.9. The molecule has 3 aromatic rings. The second kappa shape index (κ2) is 7.63. The van der Waals surface area contributed by atoms with Gasteiger partial charge in [0.2, 0.25) is 0 Å². The fraction of sp³-hybridized carbons (Fsp3) is 0.118. The van der Waals surface area contributed by atoms with Crippen molar-refractivity contribution in [2.75, 3.05) is 6.26 Å². The first-order chi connectivity index (χ1) is 12.0. The highest BCUT2D eigenvalue weighted by molar-refractivity contribution is 8.02. The first kappa shape index (κ1) is 18.0. The molecule has 2 nitrogen and oxygen atoms in total. The summed E-state index contributed by atoms with van der Waals surface area (Å²) in [6.07, 6.45) is -2.68. The SMILES string of the molecule is CSc1ssc(=Nc2ccc(OC(F)(F)F)cc2)c1-c1ccccc1. The van der Waals surface area contributed by atoms with Crippen LogP contribution in [0.25, 0.3) is 11.1 Å². The molecule has 1 aromatic heterocycles. The van der Waals surface area contributed by atoms with Crippen molar-refractivity contribution >= 4 is 38.1 Å². The number of halogens is 3. The highest BCUT2D eigenvalue weighted by Gasteiger charge is 2.30. The number of hydrogen-bond donors (Lipinski definition) is 0. The first-order valence-electron chi connectivity index (χ1n) is 7.09. The molecule has 0 radical (unpaired) electrons. The minimum Gasteiger partial charge on any atom is -0.406 e. The molecule has 130 valence electrons. The van der Waals surface area contributed by atoms with E-state index in [9.17, 15) is 13.2 Å². The van der Waals surface area contributed by atoms with E-state index in [-0.39, 0.29) is 5.75 Å². The third-order valence-electron chi connectivity index (χ3n) is 3.16. The topological polar surface area (TPSA) is 21.6 Å². The van der Waals surface area contributed by atoms with Gasteiger partial charge in [-0.3, -0.25) is 0 Å². The predicted octanol–water partition coefficient (Wildman–Crippen LogP) is 6.33.